The number of halogens is 1. The monoisotopic (exact) mass is 290 g/mol. The van der Waals surface area contributed by atoms with Crippen LogP contribution < -0.4 is 10.2 Å². The molecule has 1 N–H and O–H groups in total. The highest BCUT2D eigenvalue weighted by Gasteiger charge is 2.14. The zero-order valence-electron chi connectivity index (χ0n) is 13.1. The van der Waals surface area contributed by atoms with E-state index in [1.165, 1.54) is 6.07 Å². The average molecular weight is 290 g/mol. The molecule has 0 aliphatic rings. The minimum atomic E-state index is -0.199. The van der Waals surface area contributed by atoms with Crippen LogP contribution in [-0.4, -0.2) is 22.6 Å². The minimum absolute atomic E-state index is 0.199. The third-order valence-electron chi connectivity index (χ3n) is 3.45. The van der Waals surface area contributed by atoms with Crippen molar-refractivity contribution in [2.75, 3.05) is 11.9 Å². The summed E-state index contributed by atoms with van der Waals surface area (Å²) >= 11 is 0. The van der Waals surface area contributed by atoms with Crippen LogP contribution in [0.3, 0.4) is 0 Å². The Bertz CT molecular complexity index is 592. The molecule has 1 aromatic carbocycles. The number of nitrogens with one attached hydrogen (secondary N) is 1. The maximum atomic E-state index is 14.3. The van der Waals surface area contributed by atoms with E-state index in [-0.39, 0.29) is 5.82 Å². The van der Waals surface area contributed by atoms with Gasteiger partial charge in [0.1, 0.15) is 11.6 Å². The lowest BCUT2D eigenvalue weighted by molar-refractivity contribution is 0.578. The van der Waals surface area contributed by atoms with Gasteiger partial charge in [-0.05, 0) is 11.6 Å². The van der Waals surface area contributed by atoms with Crippen molar-refractivity contribution in [1.29, 1.82) is 0 Å². The van der Waals surface area contributed by atoms with Crippen molar-refractivity contribution in [3.05, 3.63) is 47.8 Å². The number of anilines is 1. The number of para-hydroxylation sites is 1. The fourth-order valence-electron chi connectivity index (χ4n) is 2.28. The van der Waals surface area contributed by atoms with E-state index in [1.807, 2.05) is 35.8 Å². The summed E-state index contributed by atoms with van der Waals surface area (Å²) in [5, 5.41) is 3.34. The summed E-state index contributed by atoms with van der Waals surface area (Å²) in [6.07, 6.45) is 3.65. The molecule has 0 atom stereocenters. The Labute approximate surface area is 125 Å². The van der Waals surface area contributed by atoms with Gasteiger partial charge in [-0.15, -0.1) is 0 Å². The summed E-state index contributed by atoms with van der Waals surface area (Å²) in [5.41, 5.74) is 1.59. The Morgan fingerprint density at radius 1 is 1.38 bits per heavy atom. The van der Waals surface area contributed by atoms with E-state index < -0.39 is 0 Å². The average Bonchev–Trinajstić information content (AvgIpc) is 2.81. The van der Waals surface area contributed by atoms with Crippen LogP contribution in [0.1, 0.15) is 25.2 Å². The van der Waals surface area contributed by atoms with Gasteiger partial charge in [0.25, 0.3) is 0 Å². The van der Waals surface area contributed by atoms with Crippen LogP contribution in [0.2, 0.25) is 0 Å². The van der Waals surface area contributed by atoms with Crippen LogP contribution in [-0.2, 0) is 20.1 Å². The van der Waals surface area contributed by atoms with Crippen LogP contribution in [0.15, 0.2) is 30.6 Å². The molecule has 2 aromatic rings. The Kier molecular flexibility index (Phi) is 4.96. The van der Waals surface area contributed by atoms with Crippen molar-refractivity contribution in [3.8, 4) is 0 Å². The molecule has 1 aromatic heterocycles. The van der Waals surface area contributed by atoms with Gasteiger partial charge in [-0.1, -0.05) is 26.0 Å². The maximum absolute atomic E-state index is 14.3. The number of rotatable bonds is 6. The molecule has 1 heterocycles. The number of hydrogen-bond donors (Lipinski definition) is 1. The lowest BCUT2D eigenvalue weighted by Gasteiger charge is -2.23. The van der Waals surface area contributed by atoms with Gasteiger partial charge in [0.2, 0.25) is 0 Å². The molecular formula is C16H23FN4. The number of imidazole rings is 1. The van der Waals surface area contributed by atoms with Crippen molar-refractivity contribution in [2.24, 2.45) is 7.05 Å². The van der Waals surface area contributed by atoms with E-state index in [0.717, 1.165) is 11.4 Å². The summed E-state index contributed by atoms with van der Waals surface area (Å²) in [4.78, 5) is 6.21. The largest absolute Gasteiger partial charge is 0.364 e. The van der Waals surface area contributed by atoms with Crippen LogP contribution >= 0.6 is 0 Å². The van der Waals surface area contributed by atoms with Gasteiger partial charge < -0.3 is 14.8 Å². The first-order valence-corrected chi connectivity index (χ1v) is 7.17. The number of nitrogens with zero attached hydrogens (tertiary/aromatic N) is 3. The number of aromatic nitrogens is 2. The molecule has 0 radical (unpaired) electrons. The van der Waals surface area contributed by atoms with Gasteiger partial charge in [-0.25, -0.2) is 9.37 Å². The highest BCUT2D eigenvalue weighted by Crippen LogP contribution is 2.24. The van der Waals surface area contributed by atoms with Crippen LogP contribution in [0.25, 0.3) is 0 Å². The molecule has 0 saturated carbocycles. The lowest BCUT2D eigenvalue weighted by atomic mass is 10.1. The zero-order valence-corrected chi connectivity index (χ0v) is 13.1. The van der Waals surface area contributed by atoms with Gasteiger partial charge in [-0.3, -0.25) is 0 Å². The summed E-state index contributed by atoms with van der Waals surface area (Å²) in [5.74, 6) is 0.707. The Morgan fingerprint density at radius 2 is 2.14 bits per heavy atom. The van der Waals surface area contributed by atoms with Crippen LogP contribution in [0, 0.1) is 5.82 Å². The van der Waals surface area contributed by atoms with Gasteiger partial charge in [0, 0.05) is 39.1 Å². The molecule has 5 heteroatoms. The fourth-order valence-corrected chi connectivity index (χ4v) is 2.28. The van der Waals surface area contributed by atoms with E-state index in [0.29, 0.717) is 24.8 Å². The molecule has 0 aliphatic carbocycles. The first-order valence-electron chi connectivity index (χ1n) is 7.17. The molecule has 0 bridgehead atoms. The summed E-state index contributed by atoms with van der Waals surface area (Å²) in [6, 6.07) is 5.58. The highest BCUT2D eigenvalue weighted by molar-refractivity contribution is 5.54. The van der Waals surface area contributed by atoms with E-state index >= 15 is 0 Å². The van der Waals surface area contributed by atoms with E-state index in [9.17, 15) is 4.39 Å². The molecule has 4 nitrogen and oxygen atoms in total. The van der Waals surface area contributed by atoms with Crippen LogP contribution in [0.5, 0.6) is 0 Å². The Balaban J connectivity index is 2.22. The minimum Gasteiger partial charge on any atom is -0.364 e. The lowest BCUT2D eigenvalue weighted by Crippen LogP contribution is -2.26. The van der Waals surface area contributed by atoms with Crippen LogP contribution in [0.4, 0.5) is 10.1 Å². The van der Waals surface area contributed by atoms with Crippen molar-refractivity contribution >= 4 is 5.69 Å². The van der Waals surface area contributed by atoms with E-state index in [1.54, 1.807) is 12.3 Å². The molecule has 0 fully saturated rings. The van der Waals surface area contributed by atoms with Crippen molar-refractivity contribution < 1.29 is 4.39 Å². The van der Waals surface area contributed by atoms with Gasteiger partial charge in [-0.2, -0.15) is 0 Å². The smallest absolute Gasteiger partial charge is 0.146 e. The Hall–Kier alpha value is -1.88. The SMILES string of the molecule is CC(C)NCc1cccc(F)c1N(C)Cc1nccn1C. The van der Waals surface area contributed by atoms with Gasteiger partial charge in [0.05, 0.1) is 12.2 Å². The molecular weight excluding hydrogens is 267 g/mol. The third-order valence-corrected chi connectivity index (χ3v) is 3.45. The summed E-state index contributed by atoms with van der Waals surface area (Å²) in [6.45, 7) is 5.38. The topological polar surface area (TPSA) is 33.1 Å². The second-order valence-electron chi connectivity index (χ2n) is 5.59. The quantitative estimate of drug-likeness (QED) is 0.888. The highest BCUT2D eigenvalue weighted by atomic mass is 19.1. The number of benzene rings is 1. The first-order chi connectivity index (χ1) is 9.99. The second kappa shape index (κ2) is 6.72. The molecule has 2 rings (SSSR count). The van der Waals surface area contributed by atoms with Crippen molar-refractivity contribution in [3.63, 3.8) is 0 Å². The van der Waals surface area contributed by atoms with Crippen molar-refractivity contribution in [1.82, 2.24) is 14.9 Å². The third kappa shape index (κ3) is 3.82. The summed E-state index contributed by atoms with van der Waals surface area (Å²) < 4.78 is 16.2. The molecule has 0 saturated heterocycles. The fraction of sp³-hybridized carbons (Fsp3) is 0.438. The normalized spacial score (nSPS) is 11.1. The maximum Gasteiger partial charge on any atom is 0.146 e. The number of hydrogen-bond acceptors (Lipinski definition) is 3. The molecule has 0 unspecified atom stereocenters. The zero-order chi connectivity index (χ0) is 15.4. The molecule has 21 heavy (non-hydrogen) atoms. The second-order valence-corrected chi connectivity index (χ2v) is 5.59. The first kappa shape index (κ1) is 15.5. The summed E-state index contributed by atoms with van der Waals surface area (Å²) in [7, 11) is 3.84. The van der Waals surface area contributed by atoms with Crippen molar-refractivity contribution in [2.45, 2.75) is 33.0 Å². The van der Waals surface area contributed by atoms with E-state index in [2.05, 4.69) is 24.1 Å². The molecule has 114 valence electrons. The predicted octanol–water partition coefficient (Wildman–Crippen LogP) is 2.69. The van der Waals surface area contributed by atoms with Gasteiger partial charge >= 0.3 is 0 Å². The van der Waals surface area contributed by atoms with E-state index in [4.69, 9.17) is 0 Å². The number of aryl methyl sites for hydroxylation is 1. The molecule has 0 amide bonds. The molecule has 0 spiro atoms. The standard InChI is InChI=1S/C16H23FN4/c1-12(2)19-10-13-6-5-7-14(17)16(13)21(4)11-15-18-8-9-20(15)3/h5-9,12,19H,10-11H2,1-4H3. The predicted molar refractivity (Wildman–Crippen MR) is 83.7 cm³/mol. The van der Waals surface area contributed by atoms with Gasteiger partial charge in [0.15, 0.2) is 0 Å². The molecule has 0 aliphatic heterocycles. The Morgan fingerprint density at radius 3 is 2.76 bits per heavy atom.